The Kier molecular flexibility index (Phi) is 4.84. The van der Waals surface area contributed by atoms with E-state index in [1.54, 1.807) is 12.1 Å². The summed E-state index contributed by atoms with van der Waals surface area (Å²) < 4.78 is 6.78. The van der Waals surface area contributed by atoms with Gasteiger partial charge < -0.3 is 25.8 Å². The van der Waals surface area contributed by atoms with E-state index in [1.165, 1.54) is 4.57 Å². The lowest BCUT2D eigenvalue weighted by atomic mass is 10.1. The number of hydrogen-bond acceptors (Lipinski definition) is 10. The number of nitrogens with zero attached hydrogens (tertiary/aromatic N) is 5. The number of nitrogens with one attached hydrogen (secondary N) is 1. The molecule has 0 radical (unpaired) electrons. The molecule has 12 heteroatoms. The van der Waals surface area contributed by atoms with Gasteiger partial charge in [0.15, 0.2) is 17.4 Å². The van der Waals surface area contributed by atoms with Gasteiger partial charge >= 0.3 is 0 Å². The van der Waals surface area contributed by atoms with Crippen LogP contribution in [0.25, 0.3) is 11.2 Å². The van der Waals surface area contributed by atoms with Gasteiger partial charge in [0, 0.05) is 0 Å². The molecule has 4 rings (SSSR count). The minimum Gasteiger partial charge on any atom is -0.394 e. The number of aromatic nitrogens is 4. The summed E-state index contributed by atoms with van der Waals surface area (Å²) in [6.45, 7) is 1.42. The Labute approximate surface area is 163 Å². The van der Waals surface area contributed by atoms with Crippen LogP contribution in [0.2, 0.25) is 0 Å². The van der Waals surface area contributed by atoms with Crippen LogP contribution in [-0.4, -0.2) is 59.8 Å². The molecular weight excluding hydrogens is 382 g/mol. The maximum atomic E-state index is 12.2. The molecule has 4 atom stereocenters. The molecule has 0 saturated carbocycles. The first-order valence-corrected chi connectivity index (χ1v) is 8.77. The largest absolute Gasteiger partial charge is 0.394 e. The Balaban J connectivity index is 1.85. The Hall–Kier alpha value is -3.19. The molecule has 1 aliphatic rings. The van der Waals surface area contributed by atoms with E-state index >= 15 is 0 Å². The van der Waals surface area contributed by atoms with Crippen molar-refractivity contribution in [3.8, 4) is 0 Å². The van der Waals surface area contributed by atoms with Crippen LogP contribution < -0.4 is 11.3 Å². The monoisotopic (exact) mass is 401 g/mol. The third-order valence-electron chi connectivity index (χ3n) is 4.61. The zero-order chi connectivity index (χ0) is 20.7. The average molecular weight is 401 g/mol. The number of rotatable bonds is 4. The molecule has 3 aromatic rings. The van der Waals surface area contributed by atoms with Gasteiger partial charge in [-0.25, -0.2) is 4.98 Å². The number of aryl methyl sites for hydroxylation is 1. The van der Waals surface area contributed by atoms with Crippen LogP contribution in [0.5, 0.6) is 0 Å². The van der Waals surface area contributed by atoms with Gasteiger partial charge in [-0.1, -0.05) is 17.7 Å². The van der Waals surface area contributed by atoms with Crippen LogP contribution in [0.4, 0.5) is 17.6 Å². The topological polar surface area (TPSA) is 184 Å². The molecule has 29 heavy (non-hydrogen) atoms. The van der Waals surface area contributed by atoms with E-state index < -0.39 is 36.7 Å². The lowest BCUT2D eigenvalue weighted by Crippen LogP contribution is -2.33. The number of imidazole rings is 1. The number of nitrogens with two attached hydrogens (primary N) is 1. The zero-order valence-corrected chi connectivity index (χ0v) is 15.3. The van der Waals surface area contributed by atoms with E-state index in [2.05, 4.69) is 25.2 Å². The number of aliphatic hydroxyl groups is 3. The third kappa shape index (κ3) is 3.38. The molecule has 0 spiro atoms. The predicted molar refractivity (Wildman–Crippen MR) is 101 cm³/mol. The quantitative estimate of drug-likeness (QED) is 0.379. The fourth-order valence-electron chi connectivity index (χ4n) is 3.10. The van der Waals surface area contributed by atoms with Crippen molar-refractivity contribution in [2.45, 2.75) is 31.5 Å². The molecule has 0 aliphatic carbocycles. The molecule has 0 bridgehead atoms. The summed E-state index contributed by atoms with van der Waals surface area (Å²) in [5, 5.41) is 38.1. The number of ether oxygens (including phenoxy) is 1. The van der Waals surface area contributed by atoms with Crippen LogP contribution in [0.3, 0.4) is 0 Å². The maximum Gasteiger partial charge on any atom is 0.280 e. The Morgan fingerprint density at radius 2 is 1.93 bits per heavy atom. The van der Waals surface area contributed by atoms with E-state index in [9.17, 15) is 20.1 Å². The molecule has 1 unspecified atom stereocenters. The molecule has 1 aromatic carbocycles. The summed E-state index contributed by atoms with van der Waals surface area (Å²) in [6, 6.07) is 7.22. The summed E-state index contributed by atoms with van der Waals surface area (Å²) in [5.41, 5.74) is 6.53. The Bertz CT molecular complexity index is 1120. The summed E-state index contributed by atoms with van der Waals surface area (Å²) in [5.74, 6) is -0.253. The first kappa shape index (κ1) is 19.1. The number of benzene rings is 1. The van der Waals surface area contributed by atoms with Gasteiger partial charge in [-0.05, 0) is 19.1 Å². The number of fused-ring (bicyclic) bond motifs is 1. The molecule has 3 heterocycles. The highest BCUT2D eigenvalue weighted by Crippen LogP contribution is 2.35. The first-order chi connectivity index (χ1) is 13.9. The van der Waals surface area contributed by atoms with Crippen LogP contribution in [0.1, 0.15) is 11.8 Å². The zero-order valence-electron chi connectivity index (χ0n) is 15.3. The SMILES string of the molecule is Cc1ccc(/N=N/c2nc3c(=O)[nH]c(N)nc3n2[C@@H]2O[C@H](CO)[C@H](O)C2O)cc1. The number of hydrogen-bond donors (Lipinski definition) is 5. The van der Waals surface area contributed by atoms with Gasteiger partial charge in [0.05, 0.1) is 12.3 Å². The summed E-state index contributed by atoms with van der Waals surface area (Å²) >= 11 is 0. The van der Waals surface area contributed by atoms with Crippen molar-refractivity contribution < 1.29 is 20.1 Å². The molecule has 2 aromatic heterocycles. The van der Waals surface area contributed by atoms with Crippen molar-refractivity contribution in [1.82, 2.24) is 19.5 Å². The first-order valence-electron chi connectivity index (χ1n) is 8.77. The molecule has 1 fully saturated rings. The highest BCUT2D eigenvalue weighted by molar-refractivity contribution is 5.74. The smallest absolute Gasteiger partial charge is 0.280 e. The number of H-pyrrole nitrogens is 1. The lowest BCUT2D eigenvalue weighted by Gasteiger charge is -2.17. The highest BCUT2D eigenvalue weighted by atomic mass is 16.6. The summed E-state index contributed by atoms with van der Waals surface area (Å²) in [7, 11) is 0. The minimum absolute atomic E-state index is 0.000976. The van der Waals surface area contributed by atoms with E-state index in [1.807, 2.05) is 19.1 Å². The van der Waals surface area contributed by atoms with Crippen molar-refractivity contribution in [3.05, 3.63) is 40.2 Å². The number of nitrogen functional groups attached to an aromatic ring is 1. The molecule has 0 amide bonds. The summed E-state index contributed by atoms with van der Waals surface area (Å²) in [6.07, 6.45) is -5.04. The third-order valence-corrected chi connectivity index (χ3v) is 4.61. The molecule has 1 saturated heterocycles. The number of aromatic amines is 1. The van der Waals surface area contributed by atoms with Gasteiger partial charge in [-0.3, -0.25) is 14.3 Å². The van der Waals surface area contributed by atoms with Gasteiger partial charge in [-0.2, -0.15) is 4.98 Å². The van der Waals surface area contributed by atoms with E-state index in [4.69, 9.17) is 10.5 Å². The minimum atomic E-state index is -1.43. The van der Waals surface area contributed by atoms with Crippen molar-refractivity contribution in [2.24, 2.45) is 10.2 Å². The number of azo groups is 1. The second-order valence-electron chi connectivity index (χ2n) is 6.67. The van der Waals surface area contributed by atoms with Gasteiger partial charge in [-0.15, -0.1) is 10.2 Å². The van der Waals surface area contributed by atoms with Crippen molar-refractivity contribution in [1.29, 1.82) is 0 Å². The average Bonchev–Trinajstić information content (AvgIpc) is 3.19. The van der Waals surface area contributed by atoms with Gasteiger partial charge in [0.1, 0.15) is 18.3 Å². The molecule has 12 nitrogen and oxygen atoms in total. The van der Waals surface area contributed by atoms with Crippen LogP contribution in [0, 0.1) is 6.92 Å². The van der Waals surface area contributed by atoms with Crippen molar-refractivity contribution in [3.63, 3.8) is 0 Å². The van der Waals surface area contributed by atoms with Crippen LogP contribution in [-0.2, 0) is 4.74 Å². The lowest BCUT2D eigenvalue weighted by molar-refractivity contribution is -0.0503. The fourth-order valence-corrected chi connectivity index (χ4v) is 3.10. The van der Waals surface area contributed by atoms with Gasteiger partial charge in [0.2, 0.25) is 5.95 Å². The standard InChI is InChI=1S/C17H19N7O5/c1-7-2-4-8(5-3-7)22-23-17-19-10-13(20-16(18)21-14(10)28)24(17)15-12(27)11(26)9(6-25)29-15/h2-5,9,11-12,15,25-27H,6H2,1H3,(H3,18,20,21,28)/b23-22+/t9-,11+,12?,15-/m1/s1. The summed E-state index contributed by atoms with van der Waals surface area (Å²) in [4.78, 5) is 22.8. The van der Waals surface area contributed by atoms with E-state index in [0.717, 1.165) is 5.56 Å². The van der Waals surface area contributed by atoms with Crippen LogP contribution >= 0.6 is 0 Å². The number of aliphatic hydroxyl groups excluding tert-OH is 3. The maximum absolute atomic E-state index is 12.2. The van der Waals surface area contributed by atoms with Gasteiger partial charge in [0.25, 0.3) is 11.5 Å². The Morgan fingerprint density at radius 3 is 2.59 bits per heavy atom. The second kappa shape index (κ2) is 7.33. The van der Waals surface area contributed by atoms with Crippen molar-refractivity contribution >= 4 is 28.7 Å². The van der Waals surface area contributed by atoms with Crippen LogP contribution in [0.15, 0.2) is 39.3 Å². The molecule has 152 valence electrons. The Morgan fingerprint density at radius 1 is 1.21 bits per heavy atom. The highest BCUT2D eigenvalue weighted by Gasteiger charge is 2.45. The van der Waals surface area contributed by atoms with E-state index in [0.29, 0.717) is 5.69 Å². The normalized spacial score (nSPS) is 24.7. The fraction of sp³-hybridized carbons (Fsp3) is 0.353. The second-order valence-corrected chi connectivity index (χ2v) is 6.67. The molecule has 1 aliphatic heterocycles. The van der Waals surface area contributed by atoms with Crippen molar-refractivity contribution in [2.75, 3.05) is 12.3 Å². The van der Waals surface area contributed by atoms with E-state index in [-0.39, 0.29) is 23.1 Å². The number of anilines is 1. The molecule has 6 N–H and O–H groups in total. The predicted octanol–water partition coefficient (Wildman–Crippen LogP) is 0.0371. The molecular formula is C17H19N7O5.